The molecule has 16 heavy (non-hydrogen) atoms. The van der Waals surface area contributed by atoms with E-state index in [1.54, 1.807) is 0 Å². The molecule has 3 heteroatoms. The van der Waals surface area contributed by atoms with E-state index in [9.17, 15) is 0 Å². The van der Waals surface area contributed by atoms with E-state index < -0.39 is 0 Å². The lowest BCUT2D eigenvalue weighted by Gasteiger charge is -2.18. The maximum atomic E-state index is 5.92. The fourth-order valence-electron chi connectivity index (χ4n) is 2.15. The van der Waals surface area contributed by atoms with Crippen LogP contribution in [0.1, 0.15) is 19.3 Å². The van der Waals surface area contributed by atoms with Crippen molar-refractivity contribution in [1.29, 1.82) is 0 Å². The van der Waals surface area contributed by atoms with Gasteiger partial charge in [-0.05, 0) is 31.4 Å². The summed E-state index contributed by atoms with van der Waals surface area (Å²) < 4.78 is 5.79. The predicted molar refractivity (Wildman–Crippen MR) is 64.9 cm³/mol. The second-order valence-corrected chi connectivity index (χ2v) is 4.81. The van der Waals surface area contributed by atoms with E-state index in [4.69, 9.17) is 10.5 Å². The summed E-state index contributed by atoms with van der Waals surface area (Å²) in [6.07, 6.45) is 3.97. The summed E-state index contributed by atoms with van der Waals surface area (Å²) >= 11 is 0. The van der Waals surface area contributed by atoms with Crippen LogP contribution >= 0.6 is 0 Å². The third kappa shape index (κ3) is 2.14. The molecule has 2 aliphatic rings. The van der Waals surface area contributed by atoms with Crippen LogP contribution in [0.3, 0.4) is 0 Å². The zero-order valence-electron chi connectivity index (χ0n) is 9.43. The van der Waals surface area contributed by atoms with Crippen molar-refractivity contribution in [2.24, 2.45) is 5.73 Å². The molecule has 1 aliphatic carbocycles. The van der Waals surface area contributed by atoms with Crippen LogP contribution < -0.4 is 15.4 Å². The van der Waals surface area contributed by atoms with Gasteiger partial charge in [0.15, 0.2) is 0 Å². The SMILES string of the molecule is NC1CCN(c2cccc(OC3CC3)c2)C1. The van der Waals surface area contributed by atoms with Gasteiger partial charge >= 0.3 is 0 Å². The Kier molecular flexibility index (Phi) is 2.48. The first-order valence-electron chi connectivity index (χ1n) is 6.08. The number of hydrogen-bond donors (Lipinski definition) is 1. The molecule has 1 aromatic rings. The minimum atomic E-state index is 0.327. The molecule has 2 N–H and O–H groups in total. The maximum absolute atomic E-state index is 5.92. The first kappa shape index (κ1) is 9.97. The molecule has 0 aromatic heterocycles. The Morgan fingerprint density at radius 1 is 1.25 bits per heavy atom. The Bertz CT molecular complexity index is 376. The molecule has 1 aromatic carbocycles. The quantitative estimate of drug-likeness (QED) is 0.840. The predicted octanol–water partition coefficient (Wildman–Crippen LogP) is 1.77. The van der Waals surface area contributed by atoms with E-state index in [-0.39, 0.29) is 0 Å². The maximum Gasteiger partial charge on any atom is 0.121 e. The van der Waals surface area contributed by atoms with Crippen molar-refractivity contribution >= 4 is 5.69 Å². The second kappa shape index (κ2) is 3.98. The lowest BCUT2D eigenvalue weighted by Crippen LogP contribution is -2.26. The Balaban J connectivity index is 1.73. The molecule has 1 saturated heterocycles. The molecular weight excluding hydrogens is 200 g/mol. The highest BCUT2D eigenvalue weighted by Gasteiger charge is 2.24. The number of nitrogens with two attached hydrogens (primary N) is 1. The van der Waals surface area contributed by atoms with E-state index in [1.165, 1.54) is 18.5 Å². The van der Waals surface area contributed by atoms with Gasteiger partial charge in [-0.15, -0.1) is 0 Å². The molecular formula is C13H18N2O. The van der Waals surface area contributed by atoms with Crippen LogP contribution in [0.2, 0.25) is 0 Å². The number of anilines is 1. The van der Waals surface area contributed by atoms with E-state index >= 15 is 0 Å². The summed E-state index contributed by atoms with van der Waals surface area (Å²) in [5.74, 6) is 1.00. The number of hydrogen-bond acceptors (Lipinski definition) is 3. The molecule has 1 unspecified atom stereocenters. The van der Waals surface area contributed by atoms with Crippen LogP contribution in [-0.2, 0) is 0 Å². The van der Waals surface area contributed by atoms with Crippen molar-refractivity contribution in [2.75, 3.05) is 18.0 Å². The molecule has 0 amide bonds. The van der Waals surface area contributed by atoms with Crippen LogP contribution in [0, 0.1) is 0 Å². The van der Waals surface area contributed by atoms with Gasteiger partial charge in [-0.2, -0.15) is 0 Å². The topological polar surface area (TPSA) is 38.5 Å². The first-order chi connectivity index (χ1) is 7.81. The van der Waals surface area contributed by atoms with Crippen LogP contribution in [-0.4, -0.2) is 25.2 Å². The molecule has 0 bridgehead atoms. The Morgan fingerprint density at radius 2 is 2.12 bits per heavy atom. The van der Waals surface area contributed by atoms with Gasteiger partial charge in [0.2, 0.25) is 0 Å². The third-order valence-corrected chi connectivity index (χ3v) is 3.23. The van der Waals surface area contributed by atoms with Gasteiger partial charge in [0.25, 0.3) is 0 Å². The average molecular weight is 218 g/mol. The van der Waals surface area contributed by atoms with Crippen molar-refractivity contribution in [3.8, 4) is 5.75 Å². The molecule has 0 radical (unpaired) electrons. The highest BCUT2D eigenvalue weighted by atomic mass is 16.5. The van der Waals surface area contributed by atoms with Crippen molar-refractivity contribution in [3.63, 3.8) is 0 Å². The molecule has 1 saturated carbocycles. The zero-order chi connectivity index (χ0) is 11.0. The molecule has 1 atom stereocenters. The highest BCUT2D eigenvalue weighted by Crippen LogP contribution is 2.30. The van der Waals surface area contributed by atoms with E-state index in [1.807, 2.05) is 6.07 Å². The van der Waals surface area contributed by atoms with Gasteiger partial charge in [0.05, 0.1) is 6.10 Å². The highest BCUT2D eigenvalue weighted by molar-refractivity contribution is 5.51. The summed E-state index contributed by atoms with van der Waals surface area (Å²) in [5.41, 5.74) is 7.16. The van der Waals surface area contributed by atoms with E-state index in [0.717, 1.165) is 25.3 Å². The first-order valence-corrected chi connectivity index (χ1v) is 6.08. The van der Waals surface area contributed by atoms with Crippen LogP contribution in [0.25, 0.3) is 0 Å². The van der Waals surface area contributed by atoms with Crippen molar-refractivity contribution in [2.45, 2.75) is 31.4 Å². The molecule has 0 spiro atoms. The minimum absolute atomic E-state index is 0.327. The molecule has 2 fully saturated rings. The fourth-order valence-corrected chi connectivity index (χ4v) is 2.15. The summed E-state index contributed by atoms with van der Waals surface area (Å²) in [6.45, 7) is 2.03. The minimum Gasteiger partial charge on any atom is -0.490 e. The standard InChI is InChI=1S/C13H18N2O/c14-10-6-7-15(9-10)11-2-1-3-13(8-11)16-12-4-5-12/h1-3,8,10,12H,4-7,9,14H2. The monoisotopic (exact) mass is 218 g/mol. The van der Waals surface area contributed by atoms with Crippen molar-refractivity contribution < 1.29 is 4.74 Å². The van der Waals surface area contributed by atoms with Crippen LogP contribution in [0.15, 0.2) is 24.3 Å². The average Bonchev–Trinajstić information content (AvgIpc) is 2.98. The molecule has 1 aliphatic heterocycles. The third-order valence-electron chi connectivity index (χ3n) is 3.23. The zero-order valence-corrected chi connectivity index (χ0v) is 9.43. The van der Waals surface area contributed by atoms with Crippen LogP contribution in [0.4, 0.5) is 5.69 Å². The van der Waals surface area contributed by atoms with Crippen molar-refractivity contribution in [3.05, 3.63) is 24.3 Å². The molecule has 1 heterocycles. The molecule has 3 nitrogen and oxygen atoms in total. The molecule has 86 valence electrons. The summed E-state index contributed by atoms with van der Waals surface area (Å²) in [7, 11) is 0. The number of nitrogens with zero attached hydrogens (tertiary/aromatic N) is 1. The Hall–Kier alpha value is -1.22. The normalized spacial score (nSPS) is 24.8. The smallest absolute Gasteiger partial charge is 0.121 e. The number of ether oxygens (including phenoxy) is 1. The van der Waals surface area contributed by atoms with E-state index in [2.05, 4.69) is 23.1 Å². The summed E-state index contributed by atoms with van der Waals surface area (Å²) in [6, 6.07) is 8.70. The van der Waals surface area contributed by atoms with Gasteiger partial charge in [-0.1, -0.05) is 6.07 Å². The number of benzene rings is 1. The Morgan fingerprint density at radius 3 is 2.81 bits per heavy atom. The Labute approximate surface area is 96.2 Å². The molecule has 3 rings (SSSR count). The van der Waals surface area contributed by atoms with Crippen LogP contribution in [0.5, 0.6) is 5.75 Å². The van der Waals surface area contributed by atoms with Gasteiger partial charge in [0, 0.05) is 30.9 Å². The number of rotatable bonds is 3. The van der Waals surface area contributed by atoms with Gasteiger partial charge < -0.3 is 15.4 Å². The van der Waals surface area contributed by atoms with E-state index in [0.29, 0.717) is 12.1 Å². The second-order valence-electron chi connectivity index (χ2n) is 4.81. The fraction of sp³-hybridized carbons (Fsp3) is 0.538. The summed E-state index contributed by atoms with van der Waals surface area (Å²) in [4.78, 5) is 2.34. The largest absolute Gasteiger partial charge is 0.490 e. The lowest BCUT2D eigenvalue weighted by atomic mass is 10.3. The van der Waals surface area contributed by atoms with Crippen molar-refractivity contribution in [1.82, 2.24) is 0 Å². The van der Waals surface area contributed by atoms with Gasteiger partial charge in [-0.3, -0.25) is 0 Å². The van der Waals surface area contributed by atoms with Gasteiger partial charge in [0.1, 0.15) is 5.75 Å². The summed E-state index contributed by atoms with van der Waals surface area (Å²) in [5, 5.41) is 0. The lowest BCUT2D eigenvalue weighted by molar-refractivity contribution is 0.303. The van der Waals surface area contributed by atoms with Gasteiger partial charge in [-0.25, -0.2) is 0 Å².